The van der Waals surface area contributed by atoms with Crippen LogP contribution in [0.15, 0.2) is 17.0 Å². The normalized spacial score (nSPS) is 11.6. The molecule has 0 saturated carbocycles. The highest BCUT2D eigenvalue weighted by atomic mass is 35.5. The average molecular weight is 419 g/mol. The summed E-state index contributed by atoms with van der Waals surface area (Å²) in [6.07, 6.45) is -0.272. The molecule has 0 saturated heterocycles. The monoisotopic (exact) mass is 417 g/mol. The van der Waals surface area contributed by atoms with Crippen molar-refractivity contribution in [2.24, 2.45) is 0 Å². The number of halogens is 3. The van der Waals surface area contributed by atoms with Crippen LogP contribution in [0.3, 0.4) is 0 Å². The number of rotatable bonds is 10. The predicted molar refractivity (Wildman–Crippen MR) is 94.3 cm³/mol. The lowest BCUT2D eigenvalue weighted by atomic mass is 10.1. The molecule has 0 radical (unpaired) electrons. The van der Waals surface area contributed by atoms with Gasteiger partial charge in [-0.2, -0.15) is 4.31 Å². The molecule has 0 N–H and O–H groups in total. The van der Waals surface area contributed by atoms with E-state index >= 15 is 0 Å². The zero-order chi connectivity index (χ0) is 18.3. The molecule has 0 aliphatic rings. The van der Waals surface area contributed by atoms with E-state index in [0.717, 1.165) is 4.31 Å². The summed E-state index contributed by atoms with van der Waals surface area (Å²) >= 11 is 16.8. The third-order valence-electron chi connectivity index (χ3n) is 3.18. The van der Waals surface area contributed by atoms with Crippen molar-refractivity contribution in [1.82, 2.24) is 4.31 Å². The van der Waals surface area contributed by atoms with Gasteiger partial charge < -0.3 is 9.47 Å². The molecule has 0 bridgehead atoms. The summed E-state index contributed by atoms with van der Waals surface area (Å²) in [6.45, 7) is 0.165. The molecule has 136 valence electrons. The van der Waals surface area contributed by atoms with Gasteiger partial charge in [0.05, 0.1) is 19.1 Å². The number of sulfonamides is 1. The first-order valence-electron chi connectivity index (χ1n) is 6.87. The number of hydrogen-bond acceptors (Lipinski definition) is 5. The molecule has 6 nitrogen and oxygen atoms in total. The summed E-state index contributed by atoms with van der Waals surface area (Å²) in [7, 11) is -1.15. The Morgan fingerprint density at radius 3 is 2.00 bits per heavy atom. The van der Waals surface area contributed by atoms with Crippen LogP contribution in [0.25, 0.3) is 0 Å². The van der Waals surface area contributed by atoms with Crippen LogP contribution >= 0.6 is 34.8 Å². The third kappa shape index (κ3) is 5.13. The van der Waals surface area contributed by atoms with Crippen LogP contribution in [0, 0.1) is 0 Å². The molecule has 10 heteroatoms. The molecule has 1 aromatic rings. The lowest BCUT2D eigenvalue weighted by molar-refractivity contribution is -0.111. The Labute approximate surface area is 156 Å². The Balaban J connectivity index is 3.54. The molecule has 0 heterocycles. The van der Waals surface area contributed by atoms with E-state index in [4.69, 9.17) is 44.3 Å². The Morgan fingerprint density at radius 2 is 1.58 bits per heavy atom. The maximum atomic E-state index is 12.9. The maximum absolute atomic E-state index is 12.9. The fourth-order valence-electron chi connectivity index (χ4n) is 2.11. The SMILES string of the molecule is COc1cc(CC(=O)Cl)c(S(=O)(=O)N(CCCl)CCCl)cc1OC. The second-order valence-corrected chi connectivity index (χ2v) is 7.71. The summed E-state index contributed by atoms with van der Waals surface area (Å²) in [5.41, 5.74) is 0.210. The number of nitrogens with zero attached hydrogens (tertiary/aromatic N) is 1. The van der Waals surface area contributed by atoms with Crippen molar-refractivity contribution in [3.63, 3.8) is 0 Å². The van der Waals surface area contributed by atoms with Gasteiger partial charge in [-0.1, -0.05) is 0 Å². The van der Waals surface area contributed by atoms with E-state index in [9.17, 15) is 13.2 Å². The van der Waals surface area contributed by atoms with Gasteiger partial charge in [0, 0.05) is 37.3 Å². The van der Waals surface area contributed by atoms with Crippen LogP contribution in [0.1, 0.15) is 5.56 Å². The molecule has 0 atom stereocenters. The van der Waals surface area contributed by atoms with E-state index < -0.39 is 15.3 Å². The van der Waals surface area contributed by atoms with Crippen molar-refractivity contribution in [3.8, 4) is 11.5 Å². The van der Waals surface area contributed by atoms with Crippen molar-refractivity contribution in [1.29, 1.82) is 0 Å². The van der Waals surface area contributed by atoms with Gasteiger partial charge in [-0.3, -0.25) is 4.79 Å². The Hall–Kier alpha value is -0.730. The second kappa shape index (κ2) is 9.68. The molecule has 0 spiro atoms. The van der Waals surface area contributed by atoms with Crippen LogP contribution in [0.4, 0.5) is 0 Å². The number of alkyl halides is 2. The van der Waals surface area contributed by atoms with E-state index in [1.165, 1.54) is 26.4 Å². The van der Waals surface area contributed by atoms with Gasteiger partial charge in [0.1, 0.15) is 0 Å². The van der Waals surface area contributed by atoms with Crippen molar-refractivity contribution in [3.05, 3.63) is 17.7 Å². The first kappa shape index (κ1) is 21.3. The largest absolute Gasteiger partial charge is 0.493 e. The minimum Gasteiger partial charge on any atom is -0.493 e. The van der Waals surface area contributed by atoms with E-state index in [2.05, 4.69) is 0 Å². The van der Waals surface area contributed by atoms with Crippen LogP contribution in [0.2, 0.25) is 0 Å². The molecule has 0 aliphatic carbocycles. The Kier molecular flexibility index (Phi) is 8.59. The van der Waals surface area contributed by atoms with Crippen LogP contribution in [-0.4, -0.2) is 57.0 Å². The van der Waals surface area contributed by atoms with Crippen molar-refractivity contribution in [2.45, 2.75) is 11.3 Å². The summed E-state index contributed by atoms with van der Waals surface area (Å²) in [6, 6.07) is 2.73. The number of methoxy groups -OCH3 is 2. The lowest BCUT2D eigenvalue weighted by Gasteiger charge is -2.22. The van der Waals surface area contributed by atoms with Gasteiger partial charge in [0.25, 0.3) is 0 Å². The van der Waals surface area contributed by atoms with E-state index in [1.807, 2.05) is 0 Å². The minimum atomic E-state index is -3.94. The minimum absolute atomic E-state index is 0.0826. The van der Waals surface area contributed by atoms with Crippen molar-refractivity contribution in [2.75, 3.05) is 39.1 Å². The van der Waals surface area contributed by atoms with Gasteiger partial charge in [0.2, 0.25) is 15.3 Å². The first-order chi connectivity index (χ1) is 11.3. The summed E-state index contributed by atoms with van der Waals surface area (Å²) in [5, 5.41) is -0.695. The smallest absolute Gasteiger partial charge is 0.243 e. The maximum Gasteiger partial charge on any atom is 0.243 e. The molecule has 0 amide bonds. The fourth-order valence-corrected chi connectivity index (χ4v) is 4.52. The molecule has 1 aromatic carbocycles. The molecule has 0 aromatic heterocycles. The summed E-state index contributed by atoms with van der Waals surface area (Å²) in [4.78, 5) is 11.2. The highest BCUT2D eigenvalue weighted by Gasteiger charge is 2.28. The second-order valence-electron chi connectivity index (χ2n) is 4.63. The summed E-state index contributed by atoms with van der Waals surface area (Å²) in [5.74, 6) is 0.726. The Morgan fingerprint density at radius 1 is 1.08 bits per heavy atom. The molecule has 0 aliphatic heterocycles. The van der Waals surface area contributed by atoms with Gasteiger partial charge in [-0.05, 0) is 23.2 Å². The number of carbonyl (C=O) groups excluding carboxylic acids is 1. The first-order valence-corrected chi connectivity index (χ1v) is 9.75. The Bertz CT molecular complexity index is 675. The number of benzene rings is 1. The molecule has 0 unspecified atom stereocenters. The van der Waals surface area contributed by atoms with Crippen molar-refractivity contribution < 1.29 is 22.7 Å². The predicted octanol–water partition coefficient (Wildman–Crippen LogP) is 2.48. The molecular weight excluding hydrogens is 401 g/mol. The van der Waals surface area contributed by atoms with Gasteiger partial charge in [0.15, 0.2) is 11.5 Å². The number of ether oxygens (including phenoxy) is 2. The molecule has 1 rings (SSSR count). The number of hydrogen-bond donors (Lipinski definition) is 0. The summed E-state index contributed by atoms with van der Waals surface area (Å²) < 4.78 is 37.3. The zero-order valence-electron chi connectivity index (χ0n) is 13.2. The molecule has 0 fully saturated rings. The lowest BCUT2D eigenvalue weighted by Crippen LogP contribution is -2.35. The standard InChI is InChI=1S/C14H18Cl3NO5S/c1-22-11-7-10(8-14(17)19)13(9-12(11)23-2)24(20,21)18(5-3-15)6-4-16/h7,9H,3-6,8H2,1-2H3. The van der Waals surface area contributed by atoms with Crippen LogP contribution in [0.5, 0.6) is 11.5 Å². The highest BCUT2D eigenvalue weighted by molar-refractivity contribution is 7.89. The molecule has 24 heavy (non-hydrogen) atoms. The van der Waals surface area contributed by atoms with E-state index in [0.29, 0.717) is 5.75 Å². The third-order valence-corrected chi connectivity index (χ3v) is 5.63. The number of carbonyl (C=O) groups is 1. The topological polar surface area (TPSA) is 72.9 Å². The van der Waals surface area contributed by atoms with Crippen molar-refractivity contribution >= 4 is 50.1 Å². The zero-order valence-corrected chi connectivity index (χ0v) is 16.3. The van der Waals surface area contributed by atoms with Gasteiger partial charge in [-0.25, -0.2) is 8.42 Å². The van der Waals surface area contributed by atoms with Crippen LogP contribution in [-0.2, 0) is 21.2 Å². The van der Waals surface area contributed by atoms with Crippen LogP contribution < -0.4 is 9.47 Å². The van der Waals surface area contributed by atoms with E-state index in [1.54, 1.807) is 0 Å². The fraction of sp³-hybridized carbons (Fsp3) is 0.500. The van der Waals surface area contributed by atoms with E-state index in [-0.39, 0.29) is 47.5 Å². The van der Waals surface area contributed by atoms with Gasteiger partial charge >= 0.3 is 0 Å². The quantitative estimate of drug-likeness (QED) is 0.431. The molecular formula is C14H18Cl3NO5S. The highest BCUT2D eigenvalue weighted by Crippen LogP contribution is 2.34. The average Bonchev–Trinajstić information content (AvgIpc) is 2.53. The van der Waals surface area contributed by atoms with Gasteiger partial charge in [-0.15, -0.1) is 23.2 Å².